The van der Waals surface area contributed by atoms with Crippen molar-refractivity contribution in [2.45, 2.75) is 12.5 Å². The summed E-state index contributed by atoms with van der Waals surface area (Å²) in [5, 5.41) is 35.6. The Morgan fingerprint density at radius 1 is 1.47 bits per heavy atom. The molecule has 17 heavy (non-hydrogen) atoms. The number of hydrogen-bond donors (Lipinski definition) is 5. The molecule has 0 amide bonds. The van der Waals surface area contributed by atoms with Crippen molar-refractivity contribution in [1.82, 2.24) is 0 Å². The zero-order valence-electron chi connectivity index (χ0n) is 8.67. The summed E-state index contributed by atoms with van der Waals surface area (Å²) in [5.41, 5.74) is 4.81. The molecular weight excluding hydrogens is 232 g/mol. The van der Waals surface area contributed by atoms with Crippen molar-refractivity contribution in [2.75, 3.05) is 0 Å². The van der Waals surface area contributed by atoms with Gasteiger partial charge in [-0.3, -0.25) is 4.79 Å². The van der Waals surface area contributed by atoms with Crippen LogP contribution in [0.4, 0.5) is 4.39 Å². The standard InChI is InChI=1S/C9H11BFNO5/c11-6-3-8(13)5(10(16)17)1-4(6)2-7(12)9(14)15/h1,3,7,13,16-17H,2,12H2,(H,14,15)/t7-/m0/s1. The van der Waals surface area contributed by atoms with E-state index in [1.54, 1.807) is 0 Å². The van der Waals surface area contributed by atoms with Crippen LogP contribution in [0, 0.1) is 5.82 Å². The number of aromatic hydroxyl groups is 1. The predicted molar refractivity (Wildman–Crippen MR) is 57.2 cm³/mol. The van der Waals surface area contributed by atoms with Gasteiger partial charge >= 0.3 is 13.1 Å². The lowest BCUT2D eigenvalue weighted by molar-refractivity contribution is -0.138. The number of benzene rings is 1. The molecule has 0 bridgehead atoms. The van der Waals surface area contributed by atoms with Crippen LogP contribution >= 0.6 is 0 Å². The normalized spacial score (nSPS) is 12.2. The molecule has 6 nitrogen and oxygen atoms in total. The van der Waals surface area contributed by atoms with E-state index < -0.39 is 30.7 Å². The lowest BCUT2D eigenvalue weighted by Crippen LogP contribution is -2.34. The highest BCUT2D eigenvalue weighted by molar-refractivity contribution is 6.59. The summed E-state index contributed by atoms with van der Waals surface area (Å²) in [6.45, 7) is 0. The van der Waals surface area contributed by atoms with E-state index in [1.165, 1.54) is 0 Å². The summed E-state index contributed by atoms with van der Waals surface area (Å²) >= 11 is 0. The van der Waals surface area contributed by atoms with Gasteiger partial charge in [0.25, 0.3) is 0 Å². The molecule has 1 aromatic rings. The van der Waals surface area contributed by atoms with Gasteiger partial charge in [0, 0.05) is 17.9 Å². The van der Waals surface area contributed by atoms with Crippen LogP contribution in [0.3, 0.4) is 0 Å². The molecule has 1 rings (SSSR count). The van der Waals surface area contributed by atoms with E-state index in [1.807, 2.05) is 0 Å². The Hall–Kier alpha value is -1.64. The molecule has 0 fully saturated rings. The number of aliphatic carboxylic acids is 1. The van der Waals surface area contributed by atoms with E-state index in [0.717, 1.165) is 6.07 Å². The zero-order chi connectivity index (χ0) is 13.2. The molecule has 92 valence electrons. The molecule has 0 spiro atoms. The minimum Gasteiger partial charge on any atom is -0.508 e. The highest BCUT2D eigenvalue weighted by atomic mass is 19.1. The summed E-state index contributed by atoms with van der Waals surface area (Å²) in [5.74, 6) is -2.78. The van der Waals surface area contributed by atoms with Crippen molar-refractivity contribution in [2.24, 2.45) is 5.73 Å². The van der Waals surface area contributed by atoms with Gasteiger partial charge in [-0.25, -0.2) is 4.39 Å². The van der Waals surface area contributed by atoms with Crippen LogP contribution in [0.25, 0.3) is 0 Å². The Bertz CT molecular complexity index is 440. The quantitative estimate of drug-likeness (QED) is 0.396. The topological polar surface area (TPSA) is 124 Å². The predicted octanol–water partition coefficient (Wildman–Crippen LogP) is -1.83. The van der Waals surface area contributed by atoms with Crippen LogP contribution in [-0.4, -0.2) is 39.4 Å². The number of carboxylic acids is 1. The Balaban J connectivity index is 3.07. The van der Waals surface area contributed by atoms with Crippen LogP contribution in [-0.2, 0) is 11.2 Å². The third kappa shape index (κ3) is 3.16. The number of carboxylic acid groups (broad SMARTS) is 1. The van der Waals surface area contributed by atoms with E-state index >= 15 is 0 Å². The molecule has 8 heteroatoms. The first-order valence-corrected chi connectivity index (χ1v) is 4.68. The number of nitrogens with two attached hydrogens (primary N) is 1. The first-order valence-electron chi connectivity index (χ1n) is 4.68. The molecule has 6 N–H and O–H groups in total. The Kier molecular flexibility index (Phi) is 4.05. The molecule has 0 aliphatic rings. The second-order valence-electron chi connectivity index (χ2n) is 3.52. The smallest absolute Gasteiger partial charge is 0.492 e. The number of carbonyl (C=O) groups is 1. The number of halogens is 1. The fraction of sp³-hybridized carbons (Fsp3) is 0.222. The van der Waals surface area contributed by atoms with Crippen molar-refractivity contribution >= 4 is 18.6 Å². The van der Waals surface area contributed by atoms with E-state index in [2.05, 4.69) is 0 Å². The molecule has 0 aliphatic carbocycles. The molecule has 0 unspecified atom stereocenters. The summed E-state index contributed by atoms with van der Waals surface area (Å²) in [4.78, 5) is 10.5. The van der Waals surface area contributed by atoms with Crippen molar-refractivity contribution in [3.8, 4) is 5.75 Å². The third-order valence-electron chi connectivity index (χ3n) is 2.23. The largest absolute Gasteiger partial charge is 0.508 e. The van der Waals surface area contributed by atoms with E-state index in [-0.39, 0.29) is 17.4 Å². The highest BCUT2D eigenvalue weighted by Gasteiger charge is 2.21. The zero-order valence-corrected chi connectivity index (χ0v) is 8.67. The van der Waals surface area contributed by atoms with Crippen LogP contribution in [0.5, 0.6) is 5.75 Å². The Morgan fingerprint density at radius 3 is 2.53 bits per heavy atom. The summed E-state index contributed by atoms with van der Waals surface area (Å²) in [6, 6.07) is 0.342. The van der Waals surface area contributed by atoms with Gasteiger partial charge < -0.3 is 26.0 Å². The molecule has 0 saturated carbocycles. The second kappa shape index (κ2) is 5.13. The molecular formula is C9H11BFNO5. The number of rotatable bonds is 4. The number of phenolic OH excluding ortho intramolecular Hbond substituents is 1. The van der Waals surface area contributed by atoms with Gasteiger partial charge in [-0.1, -0.05) is 6.07 Å². The SMILES string of the molecule is N[C@@H](Cc1cc(B(O)O)c(O)cc1F)C(=O)O. The van der Waals surface area contributed by atoms with Crippen molar-refractivity contribution in [3.05, 3.63) is 23.5 Å². The van der Waals surface area contributed by atoms with Gasteiger partial charge in [-0.15, -0.1) is 0 Å². The molecule has 0 saturated heterocycles. The lowest BCUT2D eigenvalue weighted by Gasteiger charge is -2.10. The summed E-state index contributed by atoms with van der Waals surface area (Å²) in [7, 11) is -1.98. The molecule has 0 heterocycles. The molecule has 0 aliphatic heterocycles. The summed E-state index contributed by atoms with van der Waals surface area (Å²) < 4.78 is 13.3. The van der Waals surface area contributed by atoms with Gasteiger partial charge in [-0.05, 0) is 5.56 Å². The fourth-order valence-corrected chi connectivity index (χ4v) is 1.31. The van der Waals surface area contributed by atoms with Crippen LogP contribution in [0.2, 0.25) is 0 Å². The minimum absolute atomic E-state index is 0.110. The van der Waals surface area contributed by atoms with E-state index in [9.17, 15) is 14.3 Å². The minimum atomic E-state index is -1.98. The number of phenols is 1. The van der Waals surface area contributed by atoms with Gasteiger partial charge in [0.05, 0.1) is 0 Å². The lowest BCUT2D eigenvalue weighted by atomic mass is 9.78. The van der Waals surface area contributed by atoms with Crippen molar-refractivity contribution < 1.29 is 29.4 Å². The molecule has 1 atom stereocenters. The average molecular weight is 243 g/mol. The Labute approximate surface area is 96.3 Å². The molecule has 1 aromatic carbocycles. The monoisotopic (exact) mass is 243 g/mol. The maximum atomic E-state index is 13.3. The van der Waals surface area contributed by atoms with Gasteiger partial charge in [0.1, 0.15) is 17.6 Å². The van der Waals surface area contributed by atoms with E-state index in [4.69, 9.17) is 20.9 Å². The molecule has 0 aromatic heterocycles. The van der Waals surface area contributed by atoms with Crippen molar-refractivity contribution in [1.29, 1.82) is 0 Å². The average Bonchev–Trinajstić information content (AvgIpc) is 2.21. The van der Waals surface area contributed by atoms with Gasteiger partial charge in [0.15, 0.2) is 0 Å². The second-order valence-corrected chi connectivity index (χ2v) is 3.52. The van der Waals surface area contributed by atoms with Gasteiger partial charge in [0.2, 0.25) is 0 Å². The first kappa shape index (κ1) is 13.4. The fourth-order valence-electron chi connectivity index (χ4n) is 1.31. The van der Waals surface area contributed by atoms with Crippen LogP contribution < -0.4 is 11.2 Å². The Morgan fingerprint density at radius 2 is 2.06 bits per heavy atom. The van der Waals surface area contributed by atoms with Gasteiger partial charge in [-0.2, -0.15) is 0 Å². The van der Waals surface area contributed by atoms with Crippen molar-refractivity contribution in [3.63, 3.8) is 0 Å². The molecule has 0 radical (unpaired) electrons. The maximum Gasteiger partial charge on any atom is 0.492 e. The summed E-state index contributed by atoms with van der Waals surface area (Å²) in [6.07, 6.45) is -0.318. The number of hydrogen-bond acceptors (Lipinski definition) is 5. The first-order chi connectivity index (χ1) is 7.82. The highest BCUT2D eigenvalue weighted by Crippen LogP contribution is 2.15. The van der Waals surface area contributed by atoms with Crippen LogP contribution in [0.15, 0.2) is 12.1 Å². The maximum absolute atomic E-state index is 13.3. The third-order valence-corrected chi connectivity index (χ3v) is 2.23. The van der Waals surface area contributed by atoms with Crippen LogP contribution in [0.1, 0.15) is 5.56 Å². The van der Waals surface area contributed by atoms with E-state index in [0.29, 0.717) is 6.07 Å².